The molecule has 0 amide bonds. The quantitative estimate of drug-likeness (QED) is 0.621. The lowest BCUT2D eigenvalue weighted by molar-refractivity contribution is -0.133. The highest BCUT2D eigenvalue weighted by atomic mass is 32.2. The summed E-state index contributed by atoms with van der Waals surface area (Å²) in [4.78, 5) is 19.7. The average Bonchev–Trinajstić information content (AvgIpc) is 2.74. The number of hydrogen-bond donors (Lipinski definition) is 1. The molecule has 0 fully saturated rings. The summed E-state index contributed by atoms with van der Waals surface area (Å²) in [5.74, 6) is -0.876. The number of pyridine rings is 1. The Morgan fingerprint density at radius 1 is 1.45 bits per heavy atom. The van der Waals surface area contributed by atoms with Crippen molar-refractivity contribution in [3.8, 4) is 0 Å². The number of imidazole rings is 1. The molecule has 0 aliphatic rings. The van der Waals surface area contributed by atoms with Crippen LogP contribution in [0.5, 0.6) is 0 Å². The average molecular weight is 295 g/mol. The molecule has 6 nitrogen and oxygen atoms in total. The number of aliphatic carboxylic acids is 1. The van der Waals surface area contributed by atoms with Crippen molar-refractivity contribution in [3.63, 3.8) is 0 Å². The van der Waals surface area contributed by atoms with E-state index in [4.69, 9.17) is 9.84 Å². The SMILES string of the molecule is CCOCCn1c(SCC(=O)O)nc2ccc(C)nc21. The molecule has 0 aliphatic heterocycles. The van der Waals surface area contributed by atoms with Crippen LogP contribution in [0.15, 0.2) is 17.3 Å². The summed E-state index contributed by atoms with van der Waals surface area (Å²) in [6.45, 7) is 5.68. The van der Waals surface area contributed by atoms with Crippen LogP contribution in [-0.2, 0) is 16.1 Å². The number of thioether (sulfide) groups is 1. The number of fused-ring (bicyclic) bond motifs is 1. The minimum absolute atomic E-state index is 0.0169. The number of aryl methyl sites for hydroxylation is 1. The van der Waals surface area contributed by atoms with Crippen molar-refractivity contribution >= 4 is 28.9 Å². The molecule has 2 rings (SSSR count). The Morgan fingerprint density at radius 3 is 2.95 bits per heavy atom. The van der Waals surface area contributed by atoms with E-state index in [-0.39, 0.29) is 5.75 Å². The molecule has 0 aromatic carbocycles. The van der Waals surface area contributed by atoms with Crippen LogP contribution in [0.25, 0.3) is 11.2 Å². The van der Waals surface area contributed by atoms with Crippen molar-refractivity contribution < 1.29 is 14.6 Å². The number of aromatic nitrogens is 3. The molecule has 0 spiro atoms. The van der Waals surface area contributed by atoms with Gasteiger partial charge in [0.15, 0.2) is 10.8 Å². The van der Waals surface area contributed by atoms with Gasteiger partial charge in [0.1, 0.15) is 5.52 Å². The maximum absolute atomic E-state index is 10.7. The monoisotopic (exact) mass is 295 g/mol. The van der Waals surface area contributed by atoms with Crippen LogP contribution < -0.4 is 0 Å². The van der Waals surface area contributed by atoms with Gasteiger partial charge in [-0.3, -0.25) is 4.79 Å². The number of rotatable bonds is 7. The molecular weight excluding hydrogens is 278 g/mol. The summed E-state index contributed by atoms with van der Waals surface area (Å²) in [5, 5.41) is 9.47. The largest absolute Gasteiger partial charge is 0.481 e. The van der Waals surface area contributed by atoms with E-state index in [1.807, 2.05) is 30.5 Å². The molecule has 0 saturated heterocycles. The molecule has 20 heavy (non-hydrogen) atoms. The molecular formula is C13H17N3O3S. The molecule has 0 saturated carbocycles. The molecule has 0 atom stereocenters. The van der Waals surface area contributed by atoms with E-state index in [2.05, 4.69) is 9.97 Å². The summed E-state index contributed by atoms with van der Waals surface area (Å²) in [6, 6.07) is 3.80. The number of ether oxygens (including phenoxy) is 1. The van der Waals surface area contributed by atoms with E-state index in [0.717, 1.165) is 16.9 Å². The van der Waals surface area contributed by atoms with Gasteiger partial charge in [-0.15, -0.1) is 0 Å². The standard InChI is InChI=1S/C13H17N3O3S/c1-3-19-7-6-16-12-10(5-4-9(2)14-12)15-13(16)20-8-11(17)18/h4-5H,3,6-8H2,1-2H3,(H,17,18). The van der Waals surface area contributed by atoms with Gasteiger partial charge in [0, 0.05) is 12.3 Å². The maximum atomic E-state index is 10.7. The summed E-state index contributed by atoms with van der Waals surface area (Å²) in [7, 11) is 0. The Kier molecular flexibility index (Phi) is 4.97. The minimum Gasteiger partial charge on any atom is -0.481 e. The van der Waals surface area contributed by atoms with Crippen molar-refractivity contribution in [3.05, 3.63) is 17.8 Å². The number of nitrogens with zero attached hydrogens (tertiary/aromatic N) is 3. The summed E-state index contributed by atoms with van der Waals surface area (Å²) in [5.41, 5.74) is 2.46. The van der Waals surface area contributed by atoms with E-state index in [0.29, 0.717) is 24.9 Å². The fraction of sp³-hybridized carbons (Fsp3) is 0.462. The zero-order valence-corrected chi connectivity index (χ0v) is 12.3. The highest BCUT2D eigenvalue weighted by Crippen LogP contribution is 2.23. The lowest BCUT2D eigenvalue weighted by Gasteiger charge is -2.07. The molecule has 2 heterocycles. The predicted molar refractivity (Wildman–Crippen MR) is 77.1 cm³/mol. The third-order valence-electron chi connectivity index (χ3n) is 2.68. The smallest absolute Gasteiger partial charge is 0.313 e. The van der Waals surface area contributed by atoms with Crippen molar-refractivity contribution in [1.82, 2.24) is 14.5 Å². The second-order valence-electron chi connectivity index (χ2n) is 4.22. The zero-order valence-electron chi connectivity index (χ0n) is 11.5. The van der Waals surface area contributed by atoms with Crippen LogP contribution in [0.1, 0.15) is 12.6 Å². The Labute approximate surface area is 121 Å². The normalized spacial score (nSPS) is 11.1. The summed E-state index contributed by atoms with van der Waals surface area (Å²) < 4.78 is 7.29. The van der Waals surface area contributed by atoms with Crippen molar-refractivity contribution in [2.75, 3.05) is 19.0 Å². The highest BCUT2D eigenvalue weighted by Gasteiger charge is 2.13. The van der Waals surface area contributed by atoms with Gasteiger partial charge < -0.3 is 14.4 Å². The van der Waals surface area contributed by atoms with Gasteiger partial charge in [-0.05, 0) is 26.0 Å². The number of carboxylic acid groups (broad SMARTS) is 1. The second-order valence-corrected chi connectivity index (χ2v) is 5.16. The van der Waals surface area contributed by atoms with Gasteiger partial charge in [0.2, 0.25) is 0 Å². The first-order valence-electron chi connectivity index (χ1n) is 6.38. The summed E-state index contributed by atoms with van der Waals surface area (Å²) >= 11 is 1.20. The zero-order chi connectivity index (χ0) is 14.5. The third-order valence-corrected chi connectivity index (χ3v) is 3.65. The Morgan fingerprint density at radius 2 is 2.25 bits per heavy atom. The lowest BCUT2D eigenvalue weighted by Crippen LogP contribution is -2.09. The van der Waals surface area contributed by atoms with Crippen molar-refractivity contribution in [2.45, 2.75) is 25.5 Å². The van der Waals surface area contributed by atoms with Crippen LogP contribution in [-0.4, -0.2) is 44.6 Å². The molecule has 1 N–H and O–H groups in total. The Bertz CT molecular complexity index is 612. The Balaban J connectivity index is 2.32. The van der Waals surface area contributed by atoms with E-state index in [9.17, 15) is 4.79 Å². The van der Waals surface area contributed by atoms with E-state index < -0.39 is 5.97 Å². The van der Waals surface area contributed by atoms with E-state index in [1.165, 1.54) is 11.8 Å². The van der Waals surface area contributed by atoms with Gasteiger partial charge >= 0.3 is 5.97 Å². The van der Waals surface area contributed by atoms with Gasteiger partial charge in [-0.25, -0.2) is 9.97 Å². The molecule has 0 radical (unpaired) electrons. The fourth-order valence-electron chi connectivity index (χ4n) is 1.81. The Hall–Kier alpha value is -1.60. The van der Waals surface area contributed by atoms with E-state index >= 15 is 0 Å². The van der Waals surface area contributed by atoms with Gasteiger partial charge in [-0.2, -0.15) is 0 Å². The maximum Gasteiger partial charge on any atom is 0.313 e. The molecule has 7 heteroatoms. The van der Waals surface area contributed by atoms with Crippen LogP contribution in [0.3, 0.4) is 0 Å². The van der Waals surface area contributed by atoms with Crippen LogP contribution in [0, 0.1) is 6.92 Å². The second kappa shape index (κ2) is 6.71. The predicted octanol–water partition coefficient (Wildman–Crippen LogP) is 1.95. The lowest BCUT2D eigenvalue weighted by atomic mass is 10.3. The first kappa shape index (κ1) is 14.8. The molecule has 0 aliphatic carbocycles. The number of hydrogen-bond acceptors (Lipinski definition) is 5. The van der Waals surface area contributed by atoms with E-state index in [1.54, 1.807) is 0 Å². The number of carboxylic acids is 1. The fourth-order valence-corrected chi connectivity index (χ4v) is 2.56. The topological polar surface area (TPSA) is 77.2 Å². The summed E-state index contributed by atoms with van der Waals surface area (Å²) in [6.07, 6.45) is 0. The highest BCUT2D eigenvalue weighted by molar-refractivity contribution is 7.99. The van der Waals surface area contributed by atoms with Crippen molar-refractivity contribution in [2.24, 2.45) is 0 Å². The molecule has 2 aromatic heterocycles. The first-order valence-corrected chi connectivity index (χ1v) is 7.36. The first-order chi connectivity index (χ1) is 9.61. The third kappa shape index (κ3) is 3.49. The van der Waals surface area contributed by atoms with Crippen LogP contribution >= 0.6 is 11.8 Å². The van der Waals surface area contributed by atoms with Gasteiger partial charge in [0.25, 0.3) is 0 Å². The minimum atomic E-state index is -0.859. The molecule has 0 bridgehead atoms. The van der Waals surface area contributed by atoms with Gasteiger partial charge in [0.05, 0.1) is 18.9 Å². The molecule has 108 valence electrons. The molecule has 0 unspecified atom stereocenters. The van der Waals surface area contributed by atoms with Crippen LogP contribution in [0.4, 0.5) is 0 Å². The van der Waals surface area contributed by atoms with Gasteiger partial charge in [-0.1, -0.05) is 11.8 Å². The van der Waals surface area contributed by atoms with Crippen molar-refractivity contribution in [1.29, 1.82) is 0 Å². The number of carbonyl (C=O) groups is 1. The molecule has 2 aromatic rings. The van der Waals surface area contributed by atoms with Crippen LogP contribution in [0.2, 0.25) is 0 Å².